The summed E-state index contributed by atoms with van der Waals surface area (Å²) >= 11 is 9.16. The molecule has 0 aliphatic heterocycles. The first kappa shape index (κ1) is 23.9. The molecule has 168 valence electrons. The van der Waals surface area contributed by atoms with Gasteiger partial charge in [-0.15, -0.1) is 0 Å². The zero-order chi connectivity index (χ0) is 23.8. The molecule has 0 fully saturated rings. The molecule has 33 heavy (non-hydrogen) atoms. The van der Waals surface area contributed by atoms with Crippen LogP contribution >= 0.6 is 27.5 Å². The normalized spacial score (nSPS) is 10.6. The van der Waals surface area contributed by atoms with Gasteiger partial charge in [-0.2, -0.15) is 5.10 Å². The van der Waals surface area contributed by atoms with Gasteiger partial charge in [0.2, 0.25) is 0 Å². The van der Waals surface area contributed by atoms with Gasteiger partial charge in [0.25, 0.3) is 11.6 Å². The highest BCUT2D eigenvalue weighted by molar-refractivity contribution is 9.10. The van der Waals surface area contributed by atoms with E-state index in [0.29, 0.717) is 10.0 Å². The second kappa shape index (κ2) is 11.2. The van der Waals surface area contributed by atoms with Crippen molar-refractivity contribution in [3.8, 4) is 11.5 Å². The molecule has 3 aromatic rings. The summed E-state index contributed by atoms with van der Waals surface area (Å²) in [4.78, 5) is 34.4. The maximum Gasteiger partial charge on any atom is 0.345 e. The van der Waals surface area contributed by atoms with E-state index in [1.165, 1.54) is 24.4 Å². The van der Waals surface area contributed by atoms with Crippen LogP contribution in [0.4, 0.5) is 5.69 Å². The van der Waals surface area contributed by atoms with Crippen molar-refractivity contribution < 1.29 is 24.0 Å². The summed E-state index contributed by atoms with van der Waals surface area (Å²) in [5.41, 5.74) is 3.00. The molecule has 3 rings (SSSR count). The highest BCUT2D eigenvalue weighted by atomic mass is 79.9. The van der Waals surface area contributed by atoms with Crippen LogP contribution in [0.25, 0.3) is 0 Å². The summed E-state index contributed by atoms with van der Waals surface area (Å²) in [5.74, 6) is -0.593. The molecule has 3 aromatic carbocycles. The number of carbonyl (C=O) groups is 2. The van der Waals surface area contributed by atoms with Crippen molar-refractivity contribution in [1.82, 2.24) is 5.43 Å². The minimum Gasteiger partial charge on any atom is -0.483 e. The van der Waals surface area contributed by atoms with Gasteiger partial charge in [-0.3, -0.25) is 14.9 Å². The molecule has 9 nitrogen and oxygen atoms in total. The van der Waals surface area contributed by atoms with Crippen molar-refractivity contribution in [2.75, 3.05) is 6.61 Å². The summed E-state index contributed by atoms with van der Waals surface area (Å²) in [5, 5.41) is 14.9. The summed E-state index contributed by atoms with van der Waals surface area (Å²) in [7, 11) is 0. The number of nitrogens with zero attached hydrogens (tertiary/aromatic N) is 2. The Hall–Kier alpha value is -3.76. The number of hydrogen-bond donors (Lipinski definition) is 1. The molecule has 11 heteroatoms. The monoisotopic (exact) mass is 531 g/mol. The molecule has 0 bridgehead atoms. The summed E-state index contributed by atoms with van der Waals surface area (Å²) in [6.07, 6.45) is 1.37. The van der Waals surface area contributed by atoms with E-state index in [9.17, 15) is 19.7 Å². The number of benzene rings is 3. The lowest BCUT2D eigenvalue weighted by Crippen LogP contribution is -2.24. The molecule has 0 heterocycles. The lowest BCUT2D eigenvalue weighted by atomic mass is 10.2. The molecule has 1 amide bonds. The number of carbonyl (C=O) groups excluding carboxylic acids is 2. The topological polar surface area (TPSA) is 120 Å². The molecule has 0 aliphatic carbocycles. The Bertz CT molecular complexity index is 1230. The van der Waals surface area contributed by atoms with Crippen LogP contribution in [-0.2, 0) is 4.79 Å². The van der Waals surface area contributed by atoms with Gasteiger partial charge in [-0.05, 0) is 51.8 Å². The predicted octanol–water partition coefficient (Wildman–Crippen LogP) is 4.76. The molecular formula is C22H15BrClN3O6. The van der Waals surface area contributed by atoms with Crippen molar-refractivity contribution in [1.29, 1.82) is 0 Å². The highest BCUT2D eigenvalue weighted by Crippen LogP contribution is 2.29. The van der Waals surface area contributed by atoms with Crippen LogP contribution in [0.3, 0.4) is 0 Å². The second-order valence-corrected chi connectivity index (χ2v) is 7.66. The van der Waals surface area contributed by atoms with E-state index >= 15 is 0 Å². The number of hydrazone groups is 1. The van der Waals surface area contributed by atoms with Crippen molar-refractivity contribution >= 4 is 51.3 Å². The van der Waals surface area contributed by atoms with Gasteiger partial charge in [0.05, 0.1) is 26.2 Å². The maximum atomic E-state index is 12.3. The fourth-order valence-electron chi connectivity index (χ4n) is 2.52. The zero-order valence-electron chi connectivity index (χ0n) is 16.7. The largest absolute Gasteiger partial charge is 0.483 e. The van der Waals surface area contributed by atoms with Gasteiger partial charge in [-0.25, -0.2) is 10.2 Å². The lowest BCUT2D eigenvalue weighted by molar-refractivity contribution is -0.384. The van der Waals surface area contributed by atoms with E-state index in [1.807, 2.05) is 0 Å². The second-order valence-electron chi connectivity index (χ2n) is 6.40. The molecule has 0 atom stereocenters. The standard InChI is InChI=1S/C22H15BrClN3O6/c23-18-11-15(27(30)31)8-9-20(18)32-13-21(28)26-25-12-14-4-3-5-16(10-14)33-22(29)17-6-1-2-7-19(17)24/h1-12H,13H2,(H,26,28)/b25-12+. The van der Waals surface area contributed by atoms with Gasteiger partial charge in [0.1, 0.15) is 11.5 Å². The average molecular weight is 533 g/mol. The Balaban J connectivity index is 1.53. The third-order valence-corrected chi connectivity index (χ3v) is 5.00. The summed E-state index contributed by atoms with van der Waals surface area (Å²) in [6.45, 7) is -0.358. The molecule has 1 N–H and O–H groups in total. The first-order chi connectivity index (χ1) is 15.8. The number of hydrogen-bond acceptors (Lipinski definition) is 7. The van der Waals surface area contributed by atoms with E-state index in [1.54, 1.807) is 48.5 Å². The predicted molar refractivity (Wildman–Crippen MR) is 125 cm³/mol. The summed E-state index contributed by atoms with van der Waals surface area (Å²) < 4.78 is 11.0. The van der Waals surface area contributed by atoms with Crippen molar-refractivity contribution in [2.24, 2.45) is 5.10 Å². The zero-order valence-corrected chi connectivity index (χ0v) is 19.1. The van der Waals surface area contributed by atoms with E-state index in [0.717, 1.165) is 0 Å². The van der Waals surface area contributed by atoms with Gasteiger partial charge in [0, 0.05) is 12.1 Å². The third kappa shape index (κ3) is 6.86. The number of rotatable bonds is 8. The van der Waals surface area contributed by atoms with Crippen molar-refractivity contribution in [3.63, 3.8) is 0 Å². The minimum absolute atomic E-state index is 0.108. The Morgan fingerprint density at radius 1 is 1.12 bits per heavy atom. The Labute approximate surface area is 201 Å². The third-order valence-electron chi connectivity index (χ3n) is 4.05. The van der Waals surface area contributed by atoms with Gasteiger partial charge in [-0.1, -0.05) is 35.9 Å². The van der Waals surface area contributed by atoms with E-state index < -0.39 is 16.8 Å². The Morgan fingerprint density at radius 2 is 1.91 bits per heavy atom. The number of nitro benzene ring substituents is 1. The summed E-state index contributed by atoms with van der Waals surface area (Å²) in [6, 6.07) is 17.0. The lowest BCUT2D eigenvalue weighted by Gasteiger charge is -2.07. The minimum atomic E-state index is -0.599. The molecule has 0 aliphatic rings. The van der Waals surface area contributed by atoms with E-state index in [2.05, 4.69) is 26.5 Å². The number of ether oxygens (including phenoxy) is 2. The van der Waals surface area contributed by atoms with Crippen LogP contribution in [0.1, 0.15) is 15.9 Å². The molecule has 0 saturated carbocycles. The van der Waals surface area contributed by atoms with Crippen LogP contribution in [0.2, 0.25) is 5.02 Å². The van der Waals surface area contributed by atoms with Gasteiger partial charge in [0.15, 0.2) is 6.61 Å². The molecule has 0 radical (unpaired) electrons. The van der Waals surface area contributed by atoms with Gasteiger partial charge < -0.3 is 9.47 Å². The fourth-order valence-corrected chi connectivity index (χ4v) is 3.22. The van der Waals surface area contributed by atoms with Crippen LogP contribution in [0, 0.1) is 10.1 Å². The number of nitrogens with one attached hydrogen (secondary N) is 1. The number of halogens is 2. The SMILES string of the molecule is O=C(COc1ccc([N+](=O)[O-])cc1Br)N/N=C/c1cccc(OC(=O)c2ccccc2Cl)c1. The average Bonchev–Trinajstić information content (AvgIpc) is 2.78. The molecule has 0 saturated heterocycles. The number of amides is 1. The highest BCUT2D eigenvalue weighted by Gasteiger charge is 2.13. The number of non-ortho nitro benzene ring substituents is 1. The van der Waals surface area contributed by atoms with E-state index in [4.69, 9.17) is 21.1 Å². The quantitative estimate of drug-likeness (QED) is 0.147. The number of esters is 1. The molecule has 0 aromatic heterocycles. The fraction of sp³-hybridized carbons (Fsp3) is 0.0455. The van der Waals surface area contributed by atoms with Crippen LogP contribution in [0.15, 0.2) is 76.3 Å². The Kier molecular flexibility index (Phi) is 8.11. The van der Waals surface area contributed by atoms with Crippen LogP contribution in [-0.4, -0.2) is 29.6 Å². The van der Waals surface area contributed by atoms with Crippen molar-refractivity contribution in [3.05, 3.63) is 97.5 Å². The molecule has 0 spiro atoms. The van der Waals surface area contributed by atoms with Gasteiger partial charge >= 0.3 is 5.97 Å². The first-order valence-electron chi connectivity index (χ1n) is 9.29. The number of nitro groups is 1. The van der Waals surface area contributed by atoms with Crippen LogP contribution in [0.5, 0.6) is 11.5 Å². The Morgan fingerprint density at radius 3 is 2.64 bits per heavy atom. The molecular weight excluding hydrogens is 518 g/mol. The first-order valence-corrected chi connectivity index (χ1v) is 10.5. The van der Waals surface area contributed by atoms with Crippen LogP contribution < -0.4 is 14.9 Å². The maximum absolute atomic E-state index is 12.3. The van der Waals surface area contributed by atoms with Crippen molar-refractivity contribution in [2.45, 2.75) is 0 Å². The smallest absolute Gasteiger partial charge is 0.345 e. The van der Waals surface area contributed by atoms with E-state index in [-0.39, 0.29) is 34.4 Å². The molecule has 0 unspecified atom stereocenters.